The highest BCUT2D eigenvalue weighted by Gasteiger charge is 2.50. The molecule has 2 fully saturated rings. The van der Waals surface area contributed by atoms with Gasteiger partial charge in [-0.1, -0.05) is 20.8 Å². The van der Waals surface area contributed by atoms with Crippen molar-refractivity contribution in [2.75, 3.05) is 13.2 Å². The van der Waals surface area contributed by atoms with Gasteiger partial charge in [0.2, 0.25) is 0 Å². The minimum Gasteiger partial charge on any atom is -0.465 e. The minimum atomic E-state index is -0.944. The molecule has 0 radical (unpaired) electrons. The van der Waals surface area contributed by atoms with Gasteiger partial charge in [0.05, 0.1) is 19.3 Å². The van der Waals surface area contributed by atoms with E-state index in [4.69, 9.17) is 15.2 Å². The lowest BCUT2D eigenvalue weighted by atomic mass is 9.71. The van der Waals surface area contributed by atoms with Gasteiger partial charge in [0.1, 0.15) is 5.54 Å². The van der Waals surface area contributed by atoms with Crippen molar-refractivity contribution in [1.29, 1.82) is 0 Å². The van der Waals surface area contributed by atoms with Crippen LogP contribution in [-0.2, 0) is 14.3 Å². The van der Waals surface area contributed by atoms with Crippen LogP contribution in [0, 0.1) is 17.3 Å². The third-order valence-corrected chi connectivity index (χ3v) is 4.87. The fourth-order valence-electron chi connectivity index (χ4n) is 3.85. The molecule has 3 unspecified atom stereocenters. The monoisotopic (exact) mass is 297 g/mol. The van der Waals surface area contributed by atoms with Crippen molar-refractivity contribution in [3.05, 3.63) is 0 Å². The highest BCUT2D eigenvalue weighted by molar-refractivity contribution is 5.81. The Morgan fingerprint density at radius 3 is 2.52 bits per heavy atom. The lowest BCUT2D eigenvalue weighted by Gasteiger charge is -2.40. The van der Waals surface area contributed by atoms with E-state index in [0.29, 0.717) is 24.5 Å². The van der Waals surface area contributed by atoms with E-state index in [-0.39, 0.29) is 18.0 Å². The van der Waals surface area contributed by atoms with Crippen LogP contribution in [0.15, 0.2) is 0 Å². The second-order valence-corrected chi connectivity index (χ2v) is 7.88. The molecule has 0 amide bonds. The standard InChI is InChI=1S/C17H31NO3/c1-5-20-15(19)17(18,13-6-7-13)11-21-14-8-12(2)9-16(3,4)10-14/h12-14H,5-11,18H2,1-4H3. The van der Waals surface area contributed by atoms with Crippen LogP contribution in [-0.4, -0.2) is 30.8 Å². The predicted molar refractivity (Wildman–Crippen MR) is 82.8 cm³/mol. The number of carbonyl (C=O) groups excluding carboxylic acids is 1. The fourth-order valence-corrected chi connectivity index (χ4v) is 3.85. The van der Waals surface area contributed by atoms with Crippen LogP contribution in [0.2, 0.25) is 0 Å². The van der Waals surface area contributed by atoms with Gasteiger partial charge in [-0.3, -0.25) is 0 Å². The Labute approximate surface area is 128 Å². The van der Waals surface area contributed by atoms with Gasteiger partial charge in [0.15, 0.2) is 0 Å². The van der Waals surface area contributed by atoms with Gasteiger partial charge in [0.25, 0.3) is 0 Å². The molecule has 0 aromatic carbocycles. The molecule has 0 spiro atoms. The number of carbonyl (C=O) groups is 1. The van der Waals surface area contributed by atoms with Crippen molar-refractivity contribution in [3.63, 3.8) is 0 Å². The Kier molecular flexibility index (Phi) is 4.99. The summed E-state index contributed by atoms with van der Waals surface area (Å²) in [5, 5.41) is 0. The maximum absolute atomic E-state index is 12.2. The fraction of sp³-hybridized carbons (Fsp3) is 0.941. The molecule has 0 aliphatic heterocycles. The molecule has 0 aromatic heterocycles. The molecular formula is C17H31NO3. The van der Waals surface area contributed by atoms with Crippen LogP contribution in [0.1, 0.15) is 59.8 Å². The topological polar surface area (TPSA) is 61.5 Å². The quantitative estimate of drug-likeness (QED) is 0.766. The molecule has 2 aliphatic rings. The van der Waals surface area contributed by atoms with Crippen LogP contribution in [0.3, 0.4) is 0 Å². The number of hydrogen-bond donors (Lipinski definition) is 1. The molecule has 0 heterocycles. The lowest BCUT2D eigenvalue weighted by molar-refractivity contribution is -0.155. The molecule has 0 aromatic rings. The first-order valence-electron chi connectivity index (χ1n) is 8.34. The molecule has 2 saturated carbocycles. The molecule has 2 N–H and O–H groups in total. The molecule has 0 saturated heterocycles. The smallest absolute Gasteiger partial charge is 0.328 e. The van der Waals surface area contributed by atoms with E-state index in [1.54, 1.807) is 0 Å². The van der Waals surface area contributed by atoms with Crippen molar-refractivity contribution in [2.45, 2.75) is 71.4 Å². The molecule has 0 bridgehead atoms. The largest absolute Gasteiger partial charge is 0.465 e. The Morgan fingerprint density at radius 2 is 2.00 bits per heavy atom. The molecule has 4 heteroatoms. The minimum absolute atomic E-state index is 0.208. The number of rotatable bonds is 6. The van der Waals surface area contributed by atoms with Crippen LogP contribution in [0.5, 0.6) is 0 Å². The average molecular weight is 297 g/mol. The normalized spacial score (nSPS) is 31.5. The first-order chi connectivity index (χ1) is 9.77. The molecule has 3 atom stereocenters. The van der Waals surface area contributed by atoms with Crippen molar-refractivity contribution in [1.82, 2.24) is 0 Å². The van der Waals surface area contributed by atoms with Crippen LogP contribution < -0.4 is 5.73 Å². The summed E-state index contributed by atoms with van der Waals surface area (Å²) in [5.74, 6) is 0.593. The Bertz CT molecular complexity index is 378. The summed E-state index contributed by atoms with van der Waals surface area (Å²) in [5.41, 5.74) is 5.72. The third kappa shape index (κ3) is 4.19. The lowest BCUT2D eigenvalue weighted by Crippen LogP contribution is -2.55. The van der Waals surface area contributed by atoms with E-state index in [0.717, 1.165) is 25.7 Å². The van der Waals surface area contributed by atoms with E-state index >= 15 is 0 Å². The second kappa shape index (κ2) is 6.25. The van der Waals surface area contributed by atoms with Crippen molar-refractivity contribution < 1.29 is 14.3 Å². The van der Waals surface area contributed by atoms with E-state index in [2.05, 4.69) is 20.8 Å². The van der Waals surface area contributed by atoms with Gasteiger partial charge in [-0.05, 0) is 56.3 Å². The Morgan fingerprint density at radius 1 is 1.33 bits per heavy atom. The van der Waals surface area contributed by atoms with Crippen molar-refractivity contribution in [2.24, 2.45) is 23.0 Å². The zero-order valence-electron chi connectivity index (χ0n) is 14.0. The van der Waals surface area contributed by atoms with Gasteiger partial charge in [0, 0.05) is 0 Å². The molecule has 122 valence electrons. The number of hydrogen-bond acceptors (Lipinski definition) is 4. The summed E-state index contributed by atoms with van der Waals surface area (Å²) >= 11 is 0. The summed E-state index contributed by atoms with van der Waals surface area (Å²) < 4.78 is 11.3. The van der Waals surface area contributed by atoms with Gasteiger partial charge in [-0.15, -0.1) is 0 Å². The van der Waals surface area contributed by atoms with Crippen molar-refractivity contribution in [3.8, 4) is 0 Å². The van der Waals surface area contributed by atoms with Crippen molar-refractivity contribution >= 4 is 5.97 Å². The SMILES string of the molecule is CCOC(=O)C(N)(COC1CC(C)CC(C)(C)C1)C1CC1. The van der Waals surface area contributed by atoms with Gasteiger partial charge in [-0.2, -0.15) is 0 Å². The number of esters is 1. The molecule has 21 heavy (non-hydrogen) atoms. The average Bonchev–Trinajstić information content (AvgIpc) is 3.18. The predicted octanol–water partition coefficient (Wildman–Crippen LogP) is 2.89. The van der Waals surface area contributed by atoms with E-state index in [1.807, 2.05) is 6.92 Å². The summed E-state index contributed by atoms with van der Waals surface area (Å²) in [4.78, 5) is 12.2. The summed E-state index contributed by atoms with van der Waals surface area (Å²) in [6, 6.07) is 0. The second-order valence-electron chi connectivity index (χ2n) is 7.88. The molecular weight excluding hydrogens is 266 g/mol. The third-order valence-electron chi connectivity index (χ3n) is 4.87. The highest BCUT2D eigenvalue weighted by Crippen LogP contribution is 2.42. The van der Waals surface area contributed by atoms with Gasteiger partial charge >= 0.3 is 5.97 Å². The van der Waals surface area contributed by atoms with E-state index < -0.39 is 5.54 Å². The van der Waals surface area contributed by atoms with Crippen LogP contribution >= 0.6 is 0 Å². The zero-order chi connectivity index (χ0) is 15.7. The molecule has 4 nitrogen and oxygen atoms in total. The summed E-state index contributed by atoms with van der Waals surface area (Å²) in [6.07, 6.45) is 5.56. The Hall–Kier alpha value is -0.610. The van der Waals surface area contributed by atoms with Crippen LogP contribution in [0.4, 0.5) is 0 Å². The van der Waals surface area contributed by atoms with E-state index in [1.165, 1.54) is 6.42 Å². The van der Waals surface area contributed by atoms with E-state index in [9.17, 15) is 4.79 Å². The summed E-state index contributed by atoms with van der Waals surface area (Å²) in [7, 11) is 0. The maximum Gasteiger partial charge on any atom is 0.328 e. The molecule has 2 rings (SSSR count). The van der Waals surface area contributed by atoms with Gasteiger partial charge in [-0.25, -0.2) is 4.79 Å². The highest BCUT2D eigenvalue weighted by atomic mass is 16.5. The maximum atomic E-state index is 12.2. The molecule has 2 aliphatic carbocycles. The summed E-state index contributed by atoms with van der Waals surface area (Å²) in [6.45, 7) is 9.35. The van der Waals surface area contributed by atoms with Crippen LogP contribution in [0.25, 0.3) is 0 Å². The Balaban J connectivity index is 1.94. The number of nitrogens with two attached hydrogens (primary N) is 1. The zero-order valence-corrected chi connectivity index (χ0v) is 14.0. The first kappa shape index (κ1) is 16.8. The first-order valence-corrected chi connectivity index (χ1v) is 8.34. The number of ether oxygens (including phenoxy) is 2. The van der Waals surface area contributed by atoms with Gasteiger partial charge < -0.3 is 15.2 Å².